The number of H-pyrrole nitrogens is 1. The highest BCUT2D eigenvalue weighted by atomic mass is 32.1. The third-order valence-electron chi connectivity index (χ3n) is 4.37. The Hall–Kier alpha value is -3.21. The van der Waals surface area contributed by atoms with Crippen molar-refractivity contribution in [3.63, 3.8) is 0 Å². The molecule has 29 heavy (non-hydrogen) atoms. The van der Waals surface area contributed by atoms with Crippen molar-refractivity contribution in [1.29, 1.82) is 0 Å². The molecule has 1 N–H and O–H groups in total. The Morgan fingerprint density at radius 1 is 1.14 bits per heavy atom. The minimum absolute atomic E-state index is 0.0267. The number of aromatic nitrogens is 7. The maximum absolute atomic E-state index is 12.9. The van der Waals surface area contributed by atoms with E-state index in [2.05, 4.69) is 20.4 Å². The Labute approximate surface area is 168 Å². The lowest BCUT2D eigenvalue weighted by Gasteiger charge is -2.06. The third kappa shape index (κ3) is 3.99. The fourth-order valence-corrected chi connectivity index (χ4v) is 3.23. The summed E-state index contributed by atoms with van der Waals surface area (Å²) in [6.07, 6.45) is -1.06. The zero-order valence-electron chi connectivity index (χ0n) is 15.3. The van der Waals surface area contributed by atoms with Crippen LogP contribution in [0.3, 0.4) is 0 Å². The molecule has 0 saturated carbocycles. The SMILES string of the molecule is Cc1cc(C(F)(F)F)nn1Cc1n[nH]c(=S)n1-c1cnn(Cc2ccccc2)c1. The second-order valence-electron chi connectivity index (χ2n) is 6.49. The van der Waals surface area contributed by atoms with Crippen LogP contribution < -0.4 is 0 Å². The molecule has 150 valence electrons. The molecule has 0 aliphatic heterocycles. The van der Waals surface area contributed by atoms with E-state index in [1.54, 1.807) is 28.6 Å². The van der Waals surface area contributed by atoms with E-state index in [9.17, 15) is 13.2 Å². The molecule has 0 amide bonds. The number of aryl methyl sites for hydroxylation is 1. The highest BCUT2D eigenvalue weighted by molar-refractivity contribution is 7.71. The van der Waals surface area contributed by atoms with Crippen LogP contribution in [0.5, 0.6) is 0 Å². The number of nitrogens with one attached hydrogen (secondary N) is 1. The van der Waals surface area contributed by atoms with E-state index >= 15 is 0 Å². The summed E-state index contributed by atoms with van der Waals surface area (Å²) in [5.41, 5.74) is 1.18. The van der Waals surface area contributed by atoms with Crippen LogP contribution in [-0.4, -0.2) is 34.3 Å². The van der Waals surface area contributed by atoms with Gasteiger partial charge in [0, 0.05) is 11.9 Å². The van der Waals surface area contributed by atoms with Crippen molar-refractivity contribution >= 4 is 12.2 Å². The molecular formula is C18H16F3N7S. The zero-order chi connectivity index (χ0) is 20.6. The summed E-state index contributed by atoms with van der Waals surface area (Å²) in [5, 5.41) is 14.8. The average molecular weight is 419 g/mol. The van der Waals surface area contributed by atoms with Crippen molar-refractivity contribution in [1.82, 2.24) is 34.3 Å². The number of hydrogen-bond acceptors (Lipinski definition) is 4. The number of alkyl halides is 3. The molecule has 0 bridgehead atoms. The average Bonchev–Trinajstić information content (AvgIpc) is 3.36. The molecule has 3 heterocycles. The minimum Gasteiger partial charge on any atom is -0.267 e. The van der Waals surface area contributed by atoms with E-state index in [-0.39, 0.29) is 6.54 Å². The van der Waals surface area contributed by atoms with Gasteiger partial charge in [0.2, 0.25) is 0 Å². The van der Waals surface area contributed by atoms with Gasteiger partial charge >= 0.3 is 6.18 Å². The summed E-state index contributed by atoms with van der Waals surface area (Å²) in [6, 6.07) is 10.8. The Kier molecular flexibility index (Phi) is 4.82. The predicted molar refractivity (Wildman–Crippen MR) is 101 cm³/mol. The maximum Gasteiger partial charge on any atom is 0.435 e. The number of aromatic amines is 1. The molecule has 3 aromatic heterocycles. The smallest absolute Gasteiger partial charge is 0.267 e. The van der Waals surface area contributed by atoms with Gasteiger partial charge in [0.25, 0.3) is 0 Å². The fraction of sp³-hybridized carbons (Fsp3) is 0.222. The van der Waals surface area contributed by atoms with Crippen LogP contribution >= 0.6 is 12.2 Å². The standard InChI is InChI=1S/C18H16F3N7S/c1-12-7-15(18(19,20)21)25-27(12)11-16-23-24-17(29)28(16)14-8-22-26(10-14)9-13-5-3-2-4-6-13/h2-8,10H,9,11H2,1H3,(H,24,29). The molecule has 7 nitrogen and oxygen atoms in total. The molecule has 0 unspecified atom stereocenters. The molecule has 1 aromatic carbocycles. The summed E-state index contributed by atoms with van der Waals surface area (Å²) < 4.78 is 43.7. The van der Waals surface area contributed by atoms with Gasteiger partial charge < -0.3 is 0 Å². The molecular weight excluding hydrogens is 403 g/mol. The third-order valence-corrected chi connectivity index (χ3v) is 4.64. The summed E-state index contributed by atoms with van der Waals surface area (Å²) in [6.45, 7) is 2.17. The van der Waals surface area contributed by atoms with E-state index in [1.807, 2.05) is 30.3 Å². The number of nitrogens with zero attached hydrogens (tertiary/aromatic N) is 6. The molecule has 11 heteroatoms. The zero-order valence-corrected chi connectivity index (χ0v) is 16.1. The highest BCUT2D eigenvalue weighted by Crippen LogP contribution is 2.28. The van der Waals surface area contributed by atoms with Crippen molar-refractivity contribution in [2.24, 2.45) is 0 Å². The molecule has 4 aromatic rings. The summed E-state index contributed by atoms with van der Waals surface area (Å²) in [5.74, 6) is 0.425. The van der Waals surface area contributed by atoms with Gasteiger partial charge in [0.1, 0.15) is 6.54 Å². The van der Waals surface area contributed by atoms with E-state index in [0.717, 1.165) is 11.6 Å². The maximum atomic E-state index is 12.9. The Morgan fingerprint density at radius 3 is 2.59 bits per heavy atom. The van der Waals surface area contributed by atoms with Crippen molar-refractivity contribution in [2.45, 2.75) is 26.2 Å². The Morgan fingerprint density at radius 2 is 1.90 bits per heavy atom. The summed E-state index contributed by atoms with van der Waals surface area (Å²) in [7, 11) is 0. The van der Waals surface area contributed by atoms with Gasteiger partial charge in [-0.2, -0.15) is 28.5 Å². The van der Waals surface area contributed by atoms with Gasteiger partial charge in [-0.1, -0.05) is 30.3 Å². The number of hydrogen-bond donors (Lipinski definition) is 1. The van der Waals surface area contributed by atoms with E-state index in [4.69, 9.17) is 12.2 Å². The molecule has 0 spiro atoms. The van der Waals surface area contributed by atoms with E-state index < -0.39 is 11.9 Å². The Bertz CT molecular complexity index is 1180. The van der Waals surface area contributed by atoms with Crippen molar-refractivity contribution in [2.75, 3.05) is 0 Å². The monoisotopic (exact) mass is 419 g/mol. The van der Waals surface area contributed by atoms with Crippen LogP contribution in [0, 0.1) is 11.7 Å². The molecule has 0 aliphatic rings. The van der Waals surface area contributed by atoms with Crippen LogP contribution in [0.1, 0.15) is 22.8 Å². The second kappa shape index (κ2) is 7.32. The van der Waals surface area contributed by atoms with Gasteiger partial charge in [0.15, 0.2) is 16.3 Å². The first kappa shape index (κ1) is 19.1. The normalized spacial score (nSPS) is 11.9. The van der Waals surface area contributed by atoms with Crippen molar-refractivity contribution in [3.8, 4) is 5.69 Å². The lowest BCUT2D eigenvalue weighted by Crippen LogP contribution is -2.12. The largest absolute Gasteiger partial charge is 0.435 e. The van der Waals surface area contributed by atoms with Gasteiger partial charge in [-0.25, -0.2) is 0 Å². The molecule has 0 radical (unpaired) electrons. The number of halogens is 3. The van der Waals surface area contributed by atoms with Gasteiger partial charge in [0.05, 0.1) is 18.4 Å². The van der Waals surface area contributed by atoms with Crippen LogP contribution in [0.15, 0.2) is 48.8 Å². The Balaban J connectivity index is 1.62. The summed E-state index contributed by atoms with van der Waals surface area (Å²) in [4.78, 5) is 0. The van der Waals surface area contributed by atoms with E-state index in [0.29, 0.717) is 28.5 Å². The van der Waals surface area contributed by atoms with Crippen LogP contribution in [0.2, 0.25) is 0 Å². The predicted octanol–water partition coefficient (Wildman–Crippen LogP) is 3.75. The number of rotatable bonds is 5. The van der Waals surface area contributed by atoms with Gasteiger partial charge in [-0.15, -0.1) is 0 Å². The topological polar surface area (TPSA) is 69.2 Å². The van der Waals surface area contributed by atoms with Crippen LogP contribution in [0.25, 0.3) is 5.69 Å². The van der Waals surface area contributed by atoms with Crippen LogP contribution in [0.4, 0.5) is 13.2 Å². The first-order valence-corrected chi connectivity index (χ1v) is 9.07. The molecule has 0 saturated heterocycles. The second-order valence-corrected chi connectivity index (χ2v) is 6.88. The fourth-order valence-electron chi connectivity index (χ4n) is 2.97. The minimum atomic E-state index is -4.50. The van der Waals surface area contributed by atoms with Crippen molar-refractivity contribution in [3.05, 3.63) is 76.3 Å². The quantitative estimate of drug-likeness (QED) is 0.501. The van der Waals surface area contributed by atoms with Crippen LogP contribution in [-0.2, 0) is 19.3 Å². The first-order valence-electron chi connectivity index (χ1n) is 8.66. The number of benzene rings is 1. The molecule has 0 aliphatic carbocycles. The van der Waals surface area contributed by atoms with Gasteiger partial charge in [-0.3, -0.25) is 19.0 Å². The highest BCUT2D eigenvalue weighted by Gasteiger charge is 2.34. The van der Waals surface area contributed by atoms with Crippen molar-refractivity contribution < 1.29 is 13.2 Å². The summed E-state index contributed by atoms with van der Waals surface area (Å²) >= 11 is 5.31. The van der Waals surface area contributed by atoms with E-state index in [1.165, 1.54) is 4.68 Å². The first-order chi connectivity index (χ1) is 13.8. The lowest BCUT2D eigenvalue weighted by molar-refractivity contribution is -0.141. The lowest BCUT2D eigenvalue weighted by atomic mass is 10.2. The molecule has 4 rings (SSSR count). The molecule has 0 atom stereocenters. The molecule has 0 fully saturated rings. The van der Waals surface area contributed by atoms with Gasteiger partial charge in [-0.05, 0) is 30.8 Å².